The fourth-order valence-electron chi connectivity index (χ4n) is 2.96. The molecule has 1 N–H and O–H groups in total. The van der Waals surface area contributed by atoms with Gasteiger partial charge in [0, 0.05) is 17.6 Å². The van der Waals surface area contributed by atoms with Crippen molar-refractivity contribution in [3.8, 4) is 0 Å². The van der Waals surface area contributed by atoms with Crippen LogP contribution in [0.1, 0.15) is 43.9 Å². The van der Waals surface area contributed by atoms with E-state index in [1.807, 2.05) is 63.2 Å². The molecule has 0 saturated carbocycles. The molecule has 4 nitrogen and oxygen atoms in total. The highest BCUT2D eigenvalue weighted by Gasteiger charge is 2.27. The molecule has 0 fully saturated rings. The minimum Gasteiger partial charge on any atom is -0.352 e. The fraction of sp³-hybridized carbons (Fsp3) is 0.391. The van der Waals surface area contributed by atoms with Crippen LogP contribution < -0.4 is 5.32 Å². The number of hydrogen-bond acceptors (Lipinski definition) is 2. The number of hydrogen-bond donors (Lipinski definition) is 1. The summed E-state index contributed by atoms with van der Waals surface area (Å²) < 4.78 is 0. The van der Waals surface area contributed by atoms with Gasteiger partial charge in [-0.2, -0.15) is 0 Å². The molecule has 150 valence electrons. The topological polar surface area (TPSA) is 49.4 Å². The monoisotopic (exact) mass is 400 g/mol. The normalized spacial score (nSPS) is 12.9. The van der Waals surface area contributed by atoms with E-state index >= 15 is 0 Å². The molecule has 2 aromatic carbocycles. The van der Waals surface area contributed by atoms with Crippen LogP contribution in [0.15, 0.2) is 48.5 Å². The zero-order valence-electron chi connectivity index (χ0n) is 17.0. The number of benzene rings is 2. The quantitative estimate of drug-likeness (QED) is 0.708. The number of aryl methyl sites for hydroxylation is 1. The molecule has 2 amide bonds. The lowest BCUT2D eigenvalue weighted by Crippen LogP contribution is -2.49. The second kappa shape index (κ2) is 10.3. The first kappa shape index (κ1) is 22.0. The van der Waals surface area contributed by atoms with Gasteiger partial charge in [-0.1, -0.05) is 66.6 Å². The highest BCUT2D eigenvalue weighted by molar-refractivity contribution is 6.31. The van der Waals surface area contributed by atoms with E-state index < -0.39 is 6.04 Å². The largest absolute Gasteiger partial charge is 0.352 e. The van der Waals surface area contributed by atoms with Crippen molar-refractivity contribution in [1.29, 1.82) is 0 Å². The van der Waals surface area contributed by atoms with E-state index in [4.69, 9.17) is 11.6 Å². The SMILES string of the molecule is CC[C@@H](C)NC(=O)[C@H](C)N(Cc1ccccc1Cl)C(=O)Cc1cccc(C)c1. The first-order valence-corrected chi connectivity index (χ1v) is 10.1. The third-order valence-electron chi connectivity index (χ3n) is 4.90. The van der Waals surface area contributed by atoms with Gasteiger partial charge in [-0.25, -0.2) is 0 Å². The Morgan fingerprint density at radius 1 is 1.11 bits per heavy atom. The van der Waals surface area contributed by atoms with Crippen LogP contribution in [-0.2, 0) is 22.6 Å². The highest BCUT2D eigenvalue weighted by atomic mass is 35.5. The molecule has 2 rings (SSSR count). The smallest absolute Gasteiger partial charge is 0.242 e. The Labute approximate surface area is 172 Å². The Bertz CT molecular complexity index is 822. The van der Waals surface area contributed by atoms with Crippen LogP contribution >= 0.6 is 11.6 Å². The van der Waals surface area contributed by atoms with Crippen molar-refractivity contribution >= 4 is 23.4 Å². The van der Waals surface area contributed by atoms with E-state index in [0.717, 1.165) is 23.1 Å². The van der Waals surface area contributed by atoms with Gasteiger partial charge in [0.05, 0.1) is 6.42 Å². The first-order valence-electron chi connectivity index (χ1n) is 9.70. The first-order chi connectivity index (χ1) is 13.3. The Kier molecular flexibility index (Phi) is 8.06. The summed E-state index contributed by atoms with van der Waals surface area (Å²) in [5.74, 6) is -0.253. The second-order valence-electron chi connectivity index (χ2n) is 7.27. The molecule has 28 heavy (non-hydrogen) atoms. The predicted octanol–water partition coefficient (Wildman–Crippen LogP) is 4.52. The van der Waals surface area contributed by atoms with Gasteiger partial charge in [-0.05, 0) is 44.4 Å². The standard InChI is InChI=1S/C23H29ClN2O2/c1-5-17(3)25-23(28)18(4)26(15-20-11-6-7-12-21(20)24)22(27)14-19-10-8-9-16(2)13-19/h6-13,17-18H,5,14-15H2,1-4H3,(H,25,28)/t17-,18+/m1/s1. The zero-order valence-corrected chi connectivity index (χ0v) is 17.8. The molecular weight excluding hydrogens is 372 g/mol. The van der Waals surface area contributed by atoms with Crippen LogP contribution in [0.5, 0.6) is 0 Å². The summed E-state index contributed by atoms with van der Waals surface area (Å²) in [6.45, 7) is 8.03. The minimum absolute atomic E-state index is 0.0592. The van der Waals surface area contributed by atoms with Gasteiger partial charge in [0.2, 0.25) is 11.8 Å². The van der Waals surface area contributed by atoms with E-state index in [-0.39, 0.29) is 24.3 Å². The summed E-state index contributed by atoms with van der Waals surface area (Å²) in [7, 11) is 0. The number of carbonyl (C=O) groups excluding carboxylic acids is 2. The van der Waals surface area contributed by atoms with Crippen molar-refractivity contribution in [2.75, 3.05) is 0 Å². The number of carbonyl (C=O) groups is 2. The van der Waals surface area contributed by atoms with Crippen LogP contribution in [-0.4, -0.2) is 28.8 Å². The van der Waals surface area contributed by atoms with Gasteiger partial charge in [0.15, 0.2) is 0 Å². The van der Waals surface area contributed by atoms with Crippen molar-refractivity contribution in [3.05, 3.63) is 70.2 Å². The number of nitrogens with zero attached hydrogens (tertiary/aromatic N) is 1. The molecular formula is C23H29ClN2O2. The van der Waals surface area contributed by atoms with E-state index in [9.17, 15) is 9.59 Å². The van der Waals surface area contributed by atoms with Gasteiger partial charge in [0.25, 0.3) is 0 Å². The second-order valence-corrected chi connectivity index (χ2v) is 7.68. The van der Waals surface area contributed by atoms with Crippen molar-refractivity contribution in [3.63, 3.8) is 0 Å². The average molecular weight is 401 g/mol. The van der Waals surface area contributed by atoms with Gasteiger partial charge >= 0.3 is 0 Å². The van der Waals surface area contributed by atoms with Crippen LogP contribution in [0.3, 0.4) is 0 Å². The maximum absolute atomic E-state index is 13.1. The maximum atomic E-state index is 13.1. The molecule has 0 unspecified atom stereocenters. The van der Waals surface area contributed by atoms with Crippen molar-refractivity contribution in [2.24, 2.45) is 0 Å². The van der Waals surface area contributed by atoms with E-state index in [0.29, 0.717) is 11.6 Å². The van der Waals surface area contributed by atoms with Crippen molar-refractivity contribution < 1.29 is 9.59 Å². The molecule has 2 aromatic rings. The summed E-state index contributed by atoms with van der Waals surface area (Å²) in [4.78, 5) is 27.5. The van der Waals surface area contributed by atoms with Gasteiger partial charge in [-0.15, -0.1) is 0 Å². The highest BCUT2D eigenvalue weighted by Crippen LogP contribution is 2.19. The van der Waals surface area contributed by atoms with Gasteiger partial charge in [0.1, 0.15) is 6.04 Å². The molecule has 0 aromatic heterocycles. The third kappa shape index (κ3) is 6.10. The lowest BCUT2D eigenvalue weighted by Gasteiger charge is -2.30. The molecule has 0 aliphatic rings. The molecule has 0 aliphatic heterocycles. The number of amides is 2. The summed E-state index contributed by atoms with van der Waals surface area (Å²) in [6, 6.07) is 14.7. The van der Waals surface area contributed by atoms with Crippen LogP contribution in [0, 0.1) is 6.92 Å². The Morgan fingerprint density at radius 3 is 2.46 bits per heavy atom. The van der Waals surface area contributed by atoms with E-state index in [1.54, 1.807) is 17.9 Å². The van der Waals surface area contributed by atoms with Crippen molar-refractivity contribution in [2.45, 2.75) is 59.2 Å². The van der Waals surface area contributed by atoms with Gasteiger partial charge in [-0.3, -0.25) is 9.59 Å². The molecule has 0 bridgehead atoms. The molecule has 0 aliphatic carbocycles. The number of halogens is 1. The summed E-state index contributed by atoms with van der Waals surface area (Å²) in [5.41, 5.74) is 2.86. The van der Waals surface area contributed by atoms with Crippen LogP contribution in [0.25, 0.3) is 0 Å². The zero-order chi connectivity index (χ0) is 20.7. The molecule has 5 heteroatoms. The number of rotatable bonds is 8. The molecule has 0 saturated heterocycles. The van der Waals surface area contributed by atoms with Crippen molar-refractivity contribution in [1.82, 2.24) is 10.2 Å². The summed E-state index contributed by atoms with van der Waals surface area (Å²) >= 11 is 6.31. The molecule has 0 radical (unpaired) electrons. The molecule has 2 atom stereocenters. The minimum atomic E-state index is -0.595. The van der Waals surface area contributed by atoms with Crippen LogP contribution in [0.2, 0.25) is 5.02 Å². The predicted molar refractivity (Wildman–Crippen MR) is 114 cm³/mol. The Morgan fingerprint density at radius 2 is 1.82 bits per heavy atom. The lowest BCUT2D eigenvalue weighted by molar-refractivity contribution is -0.140. The Balaban J connectivity index is 2.25. The Hall–Kier alpha value is -2.33. The van der Waals surface area contributed by atoms with Crippen LogP contribution in [0.4, 0.5) is 0 Å². The van der Waals surface area contributed by atoms with Gasteiger partial charge < -0.3 is 10.2 Å². The molecule has 0 heterocycles. The maximum Gasteiger partial charge on any atom is 0.242 e. The lowest BCUT2D eigenvalue weighted by atomic mass is 10.1. The molecule has 0 spiro atoms. The summed E-state index contributed by atoms with van der Waals surface area (Å²) in [6.07, 6.45) is 1.08. The van der Waals surface area contributed by atoms with E-state index in [2.05, 4.69) is 5.32 Å². The average Bonchev–Trinajstić information content (AvgIpc) is 2.66. The third-order valence-corrected chi connectivity index (χ3v) is 5.27. The fourth-order valence-corrected chi connectivity index (χ4v) is 3.15. The van der Waals surface area contributed by atoms with E-state index in [1.165, 1.54) is 0 Å². The summed E-state index contributed by atoms with van der Waals surface area (Å²) in [5, 5.41) is 3.56. The number of nitrogens with one attached hydrogen (secondary N) is 1.